The summed E-state index contributed by atoms with van der Waals surface area (Å²) in [4.78, 5) is 10.3. The average molecular weight is 283 g/mol. The molecule has 5 heteroatoms. The number of aryl methyl sites for hydroxylation is 1. The van der Waals surface area contributed by atoms with Gasteiger partial charge in [0.2, 0.25) is 0 Å². The highest BCUT2D eigenvalue weighted by molar-refractivity contribution is 7.15. The summed E-state index contributed by atoms with van der Waals surface area (Å²) < 4.78 is 0. The number of thiazole rings is 1. The van der Waals surface area contributed by atoms with Gasteiger partial charge in [-0.05, 0) is 39.8 Å². The molecule has 1 aromatic rings. The molecule has 0 radical (unpaired) electrons. The number of nitrogens with zero attached hydrogens (tertiary/aromatic N) is 3. The van der Waals surface area contributed by atoms with Gasteiger partial charge in [-0.2, -0.15) is 0 Å². The molecule has 19 heavy (non-hydrogen) atoms. The number of hydrogen-bond donors (Lipinski definition) is 1. The first-order valence-electron chi connectivity index (χ1n) is 7.00. The summed E-state index contributed by atoms with van der Waals surface area (Å²) in [7, 11) is 6.46. The van der Waals surface area contributed by atoms with E-state index in [2.05, 4.69) is 42.9 Å². The van der Waals surface area contributed by atoms with Crippen molar-refractivity contribution in [2.24, 2.45) is 0 Å². The van der Waals surface area contributed by atoms with Crippen LogP contribution in [-0.4, -0.2) is 48.2 Å². The molecule has 1 fully saturated rings. The molecule has 1 heterocycles. The Bertz CT molecular complexity index is 405. The second-order valence-electron chi connectivity index (χ2n) is 5.71. The summed E-state index contributed by atoms with van der Waals surface area (Å²) in [5.74, 6) is 0. The minimum absolute atomic E-state index is 0.105. The van der Waals surface area contributed by atoms with Crippen molar-refractivity contribution in [2.45, 2.75) is 44.8 Å². The molecule has 1 aliphatic carbocycles. The summed E-state index contributed by atoms with van der Waals surface area (Å²) in [6.45, 7) is 3.21. The van der Waals surface area contributed by atoms with Crippen molar-refractivity contribution in [1.82, 2.24) is 9.88 Å². The summed E-state index contributed by atoms with van der Waals surface area (Å²) in [6.07, 6.45) is 4.75. The van der Waals surface area contributed by atoms with Gasteiger partial charge < -0.3 is 14.9 Å². The van der Waals surface area contributed by atoms with Crippen molar-refractivity contribution >= 4 is 16.5 Å². The molecule has 0 amide bonds. The lowest BCUT2D eigenvalue weighted by Crippen LogP contribution is -2.56. The van der Waals surface area contributed by atoms with Crippen LogP contribution in [0.3, 0.4) is 0 Å². The van der Waals surface area contributed by atoms with Crippen LogP contribution in [0.25, 0.3) is 0 Å². The number of aliphatic hydroxyl groups excluding tert-OH is 1. The standard InChI is InChI=1S/C14H25N3OS/c1-5-11-12(9-18)19-13(15-11)17(4)10-14(16(2)3)7-6-8-14/h18H,5-10H2,1-4H3. The van der Waals surface area contributed by atoms with Crippen molar-refractivity contribution in [3.05, 3.63) is 10.6 Å². The van der Waals surface area contributed by atoms with Crippen LogP contribution < -0.4 is 4.90 Å². The first kappa shape index (κ1) is 14.8. The Labute approximate surface area is 120 Å². The molecule has 0 bridgehead atoms. The summed E-state index contributed by atoms with van der Waals surface area (Å²) in [6, 6.07) is 0. The third kappa shape index (κ3) is 2.78. The topological polar surface area (TPSA) is 39.6 Å². The molecule has 2 rings (SSSR count). The van der Waals surface area contributed by atoms with Crippen LogP contribution in [0.5, 0.6) is 0 Å². The van der Waals surface area contributed by atoms with Gasteiger partial charge in [0.25, 0.3) is 0 Å². The van der Waals surface area contributed by atoms with Crippen LogP contribution in [-0.2, 0) is 13.0 Å². The van der Waals surface area contributed by atoms with Crippen LogP contribution in [0.15, 0.2) is 0 Å². The van der Waals surface area contributed by atoms with Gasteiger partial charge in [-0.25, -0.2) is 4.98 Å². The molecule has 0 atom stereocenters. The summed E-state index contributed by atoms with van der Waals surface area (Å²) >= 11 is 1.63. The quantitative estimate of drug-likeness (QED) is 0.868. The Morgan fingerprint density at radius 3 is 2.37 bits per heavy atom. The fraction of sp³-hybridized carbons (Fsp3) is 0.786. The van der Waals surface area contributed by atoms with E-state index in [1.165, 1.54) is 19.3 Å². The molecule has 1 N–H and O–H groups in total. The Morgan fingerprint density at radius 1 is 1.32 bits per heavy atom. The van der Waals surface area contributed by atoms with E-state index in [1.54, 1.807) is 11.3 Å². The Morgan fingerprint density at radius 2 is 2.00 bits per heavy atom. The Hall–Kier alpha value is -0.650. The van der Waals surface area contributed by atoms with Gasteiger partial charge in [0, 0.05) is 19.1 Å². The van der Waals surface area contributed by atoms with Crippen LogP contribution in [0.4, 0.5) is 5.13 Å². The van der Waals surface area contributed by atoms with Crippen molar-refractivity contribution in [1.29, 1.82) is 0 Å². The van der Waals surface area contributed by atoms with Gasteiger partial charge in [0.05, 0.1) is 17.2 Å². The maximum atomic E-state index is 9.37. The highest BCUT2D eigenvalue weighted by Gasteiger charge is 2.40. The van der Waals surface area contributed by atoms with E-state index in [-0.39, 0.29) is 6.61 Å². The fourth-order valence-corrected chi connectivity index (χ4v) is 3.74. The number of likely N-dealkylation sites (N-methyl/N-ethyl adjacent to an activating group) is 2. The van der Waals surface area contributed by atoms with Crippen molar-refractivity contribution in [3.8, 4) is 0 Å². The van der Waals surface area contributed by atoms with Crippen LogP contribution in [0.1, 0.15) is 36.8 Å². The second kappa shape index (κ2) is 5.77. The monoisotopic (exact) mass is 283 g/mol. The molecule has 1 aliphatic rings. The lowest BCUT2D eigenvalue weighted by molar-refractivity contribution is 0.0683. The lowest BCUT2D eigenvalue weighted by Gasteiger charge is -2.49. The van der Waals surface area contributed by atoms with Crippen molar-refractivity contribution < 1.29 is 5.11 Å². The predicted octanol–water partition coefficient (Wildman–Crippen LogP) is 2.12. The Kier molecular flexibility index (Phi) is 4.48. The van der Waals surface area contributed by atoms with E-state index < -0.39 is 0 Å². The number of hydrogen-bond acceptors (Lipinski definition) is 5. The van der Waals surface area contributed by atoms with Crippen molar-refractivity contribution in [3.63, 3.8) is 0 Å². The fourth-order valence-electron chi connectivity index (χ4n) is 2.77. The normalized spacial score (nSPS) is 17.6. The first-order valence-corrected chi connectivity index (χ1v) is 7.82. The zero-order valence-corrected chi connectivity index (χ0v) is 13.3. The van der Waals surface area contributed by atoms with E-state index in [1.807, 2.05) is 0 Å². The van der Waals surface area contributed by atoms with Gasteiger partial charge in [0.15, 0.2) is 5.13 Å². The van der Waals surface area contributed by atoms with Gasteiger partial charge >= 0.3 is 0 Å². The molecule has 108 valence electrons. The Balaban J connectivity index is 2.11. The zero-order chi connectivity index (χ0) is 14.0. The zero-order valence-electron chi connectivity index (χ0n) is 12.4. The number of rotatable bonds is 6. The third-order valence-electron chi connectivity index (χ3n) is 4.34. The third-order valence-corrected chi connectivity index (χ3v) is 5.53. The molecule has 0 saturated heterocycles. The van der Waals surface area contributed by atoms with Gasteiger partial charge in [-0.15, -0.1) is 0 Å². The maximum absolute atomic E-state index is 9.37. The molecule has 4 nitrogen and oxygen atoms in total. The highest BCUT2D eigenvalue weighted by Crippen LogP contribution is 2.38. The van der Waals surface area contributed by atoms with Crippen molar-refractivity contribution in [2.75, 3.05) is 32.6 Å². The molecule has 1 saturated carbocycles. The van der Waals surface area contributed by atoms with Crippen LogP contribution >= 0.6 is 11.3 Å². The number of anilines is 1. The minimum Gasteiger partial charge on any atom is -0.391 e. The van der Waals surface area contributed by atoms with E-state index in [9.17, 15) is 5.11 Å². The van der Waals surface area contributed by atoms with E-state index in [0.717, 1.165) is 28.7 Å². The SMILES string of the molecule is CCc1nc(N(C)CC2(N(C)C)CCC2)sc1CO. The first-order chi connectivity index (χ1) is 9.02. The molecular formula is C14H25N3OS. The molecule has 0 spiro atoms. The van der Waals surface area contributed by atoms with Gasteiger partial charge in [-0.3, -0.25) is 0 Å². The summed E-state index contributed by atoms with van der Waals surface area (Å²) in [5.41, 5.74) is 1.36. The second-order valence-corrected chi connectivity index (χ2v) is 6.77. The highest BCUT2D eigenvalue weighted by atomic mass is 32.1. The van der Waals surface area contributed by atoms with Crippen LogP contribution in [0.2, 0.25) is 0 Å². The molecular weight excluding hydrogens is 258 g/mol. The largest absolute Gasteiger partial charge is 0.391 e. The number of aromatic nitrogens is 1. The number of aliphatic hydroxyl groups is 1. The maximum Gasteiger partial charge on any atom is 0.185 e. The molecule has 0 aromatic carbocycles. The van der Waals surface area contributed by atoms with E-state index in [4.69, 9.17) is 0 Å². The van der Waals surface area contributed by atoms with E-state index in [0.29, 0.717) is 5.54 Å². The lowest BCUT2D eigenvalue weighted by atomic mass is 9.75. The molecule has 0 unspecified atom stereocenters. The summed E-state index contributed by atoms with van der Waals surface area (Å²) in [5, 5.41) is 10.4. The van der Waals surface area contributed by atoms with Crippen LogP contribution in [0, 0.1) is 0 Å². The predicted molar refractivity (Wildman–Crippen MR) is 81.0 cm³/mol. The van der Waals surface area contributed by atoms with Gasteiger partial charge in [0.1, 0.15) is 0 Å². The molecule has 0 aliphatic heterocycles. The average Bonchev–Trinajstić information content (AvgIpc) is 2.76. The smallest absolute Gasteiger partial charge is 0.185 e. The minimum atomic E-state index is 0.105. The van der Waals surface area contributed by atoms with E-state index >= 15 is 0 Å². The molecule has 1 aromatic heterocycles. The van der Waals surface area contributed by atoms with Gasteiger partial charge in [-0.1, -0.05) is 18.3 Å².